The van der Waals surface area contributed by atoms with Gasteiger partial charge in [-0.05, 0) is 72.3 Å². The van der Waals surface area contributed by atoms with Gasteiger partial charge >= 0.3 is 0 Å². The SMILES string of the molecule is O=C(Nc1ccc(C2=CCNCC2)c(F)c1)c1cc(C2=CCNCC2)cs1. The summed E-state index contributed by atoms with van der Waals surface area (Å²) < 4.78 is 14.5. The molecule has 3 heterocycles. The van der Waals surface area contributed by atoms with E-state index in [9.17, 15) is 9.18 Å². The third-order valence-electron chi connectivity index (χ3n) is 4.89. The van der Waals surface area contributed by atoms with E-state index in [-0.39, 0.29) is 11.7 Å². The summed E-state index contributed by atoms with van der Waals surface area (Å²) in [5, 5.41) is 11.3. The van der Waals surface area contributed by atoms with Gasteiger partial charge in [-0.3, -0.25) is 4.79 Å². The number of carbonyl (C=O) groups excluding carboxylic acids is 1. The zero-order chi connectivity index (χ0) is 18.6. The zero-order valence-corrected chi connectivity index (χ0v) is 15.8. The van der Waals surface area contributed by atoms with Crippen LogP contribution in [0.3, 0.4) is 0 Å². The van der Waals surface area contributed by atoms with Crippen molar-refractivity contribution >= 4 is 34.1 Å². The molecule has 0 radical (unpaired) electrons. The molecule has 3 N–H and O–H groups in total. The molecule has 0 spiro atoms. The lowest BCUT2D eigenvalue weighted by atomic mass is 9.99. The minimum atomic E-state index is -0.298. The molecule has 0 fully saturated rings. The van der Waals surface area contributed by atoms with Crippen LogP contribution in [0.15, 0.2) is 41.8 Å². The molecule has 2 aromatic rings. The van der Waals surface area contributed by atoms with Crippen LogP contribution >= 0.6 is 11.3 Å². The molecule has 0 bridgehead atoms. The smallest absolute Gasteiger partial charge is 0.265 e. The first-order valence-electron chi connectivity index (χ1n) is 9.20. The van der Waals surface area contributed by atoms with Crippen molar-refractivity contribution in [3.05, 3.63) is 63.6 Å². The van der Waals surface area contributed by atoms with Crippen LogP contribution in [0.5, 0.6) is 0 Å². The van der Waals surface area contributed by atoms with Gasteiger partial charge in [-0.25, -0.2) is 4.39 Å². The van der Waals surface area contributed by atoms with Crippen molar-refractivity contribution < 1.29 is 9.18 Å². The summed E-state index contributed by atoms with van der Waals surface area (Å²) in [7, 11) is 0. The summed E-state index contributed by atoms with van der Waals surface area (Å²) in [6.07, 6.45) is 5.96. The van der Waals surface area contributed by atoms with Crippen molar-refractivity contribution in [2.45, 2.75) is 12.8 Å². The molecule has 0 saturated carbocycles. The molecule has 2 aliphatic heterocycles. The van der Waals surface area contributed by atoms with Crippen LogP contribution in [0, 0.1) is 5.82 Å². The van der Waals surface area contributed by atoms with Gasteiger partial charge in [-0.15, -0.1) is 11.3 Å². The predicted octanol–water partition coefficient (Wildman–Crippen LogP) is 3.89. The molecule has 0 atom stereocenters. The molecular formula is C21H22FN3OS. The number of thiophene rings is 1. The number of hydrogen-bond donors (Lipinski definition) is 3. The minimum Gasteiger partial charge on any atom is -0.321 e. The maximum Gasteiger partial charge on any atom is 0.265 e. The first-order chi connectivity index (χ1) is 13.2. The lowest BCUT2D eigenvalue weighted by Gasteiger charge is -2.15. The second-order valence-corrected chi connectivity index (χ2v) is 7.63. The molecule has 4 nitrogen and oxygen atoms in total. The molecule has 27 heavy (non-hydrogen) atoms. The van der Waals surface area contributed by atoms with Crippen molar-refractivity contribution in [2.75, 3.05) is 31.5 Å². The van der Waals surface area contributed by atoms with Crippen molar-refractivity contribution in [1.82, 2.24) is 10.6 Å². The highest BCUT2D eigenvalue weighted by Gasteiger charge is 2.15. The maximum atomic E-state index is 14.5. The molecule has 0 unspecified atom stereocenters. The monoisotopic (exact) mass is 383 g/mol. The summed E-state index contributed by atoms with van der Waals surface area (Å²) >= 11 is 1.42. The fraction of sp³-hybridized carbons (Fsp3) is 0.286. The summed E-state index contributed by atoms with van der Waals surface area (Å²) in [6.45, 7) is 3.45. The molecule has 2 aliphatic rings. The molecular weight excluding hydrogens is 361 g/mol. The number of nitrogens with one attached hydrogen (secondary N) is 3. The number of anilines is 1. The van der Waals surface area contributed by atoms with Crippen LogP contribution < -0.4 is 16.0 Å². The normalized spacial score (nSPS) is 17.2. The lowest BCUT2D eigenvalue weighted by molar-refractivity contribution is 0.103. The van der Waals surface area contributed by atoms with Gasteiger partial charge in [-0.2, -0.15) is 0 Å². The van der Waals surface area contributed by atoms with E-state index in [1.165, 1.54) is 23.0 Å². The van der Waals surface area contributed by atoms with E-state index < -0.39 is 0 Å². The van der Waals surface area contributed by atoms with Gasteiger partial charge in [0.2, 0.25) is 0 Å². The van der Waals surface area contributed by atoms with Gasteiger partial charge in [0.15, 0.2) is 0 Å². The molecule has 140 valence electrons. The summed E-state index contributed by atoms with van der Waals surface area (Å²) in [6, 6.07) is 6.84. The maximum absolute atomic E-state index is 14.5. The van der Waals surface area contributed by atoms with E-state index in [4.69, 9.17) is 0 Å². The minimum absolute atomic E-state index is 0.200. The Morgan fingerprint density at radius 3 is 2.44 bits per heavy atom. The van der Waals surface area contributed by atoms with Gasteiger partial charge in [-0.1, -0.05) is 12.2 Å². The van der Waals surface area contributed by atoms with E-state index in [1.54, 1.807) is 12.1 Å². The summed E-state index contributed by atoms with van der Waals surface area (Å²) in [5.74, 6) is -0.498. The first kappa shape index (κ1) is 18.1. The van der Waals surface area contributed by atoms with Crippen LogP contribution in [-0.2, 0) is 0 Å². The van der Waals surface area contributed by atoms with Crippen LogP contribution in [0.4, 0.5) is 10.1 Å². The Kier molecular flexibility index (Phi) is 5.48. The predicted molar refractivity (Wildman–Crippen MR) is 110 cm³/mol. The second kappa shape index (κ2) is 8.17. The zero-order valence-electron chi connectivity index (χ0n) is 15.0. The molecule has 0 aliphatic carbocycles. The van der Waals surface area contributed by atoms with Gasteiger partial charge in [0.1, 0.15) is 5.82 Å². The van der Waals surface area contributed by atoms with E-state index in [2.05, 4.69) is 22.0 Å². The van der Waals surface area contributed by atoms with Gasteiger partial charge in [0, 0.05) is 24.3 Å². The number of carbonyl (C=O) groups is 1. The number of halogens is 1. The number of amides is 1. The molecule has 4 rings (SSSR count). The van der Waals surface area contributed by atoms with Crippen LogP contribution in [0.1, 0.15) is 33.6 Å². The summed E-state index contributed by atoms with van der Waals surface area (Å²) in [5.41, 5.74) is 4.49. The number of benzene rings is 1. The fourth-order valence-electron chi connectivity index (χ4n) is 3.42. The topological polar surface area (TPSA) is 53.2 Å². The third kappa shape index (κ3) is 4.18. The fourth-order valence-corrected chi connectivity index (χ4v) is 4.25. The largest absolute Gasteiger partial charge is 0.321 e. The van der Waals surface area contributed by atoms with Gasteiger partial charge in [0.25, 0.3) is 5.91 Å². The molecule has 1 aromatic carbocycles. The van der Waals surface area contributed by atoms with E-state index in [0.29, 0.717) is 16.1 Å². The van der Waals surface area contributed by atoms with Crippen LogP contribution in [0.2, 0.25) is 0 Å². The lowest BCUT2D eigenvalue weighted by Crippen LogP contribution is -2.20. The quantitative estimate of drug-likeness (QED) is 0.751. The Bertz CT molecular complexity index is 916. The second-order valence-electron chi connectivity index (χ2n) is 6.72. The highest BCUT2D eigenvalue weighted by Crippen LogP contribution is 2.27. The Morgan fingerprint density at radius 2 is 1.78 bits per heavy atom. The standard InChI is InChI=1S/C21H22FN3OS/c22-19-12-17(1-2-18(19)15-5-9-24-10-6-15)25-21(26)20-11-16(13-27-20)14-3-7-23-8-4-14/h1-3,5,11-13,23-24H,4,6-10H2,(H,25,26). The number of hydrogen-bond acceptors (Lipinski definition) is 4. The van der Waals surface area contributed by atoms with E-state index >= 15 is 0 Å². The molecule has 1 amide bonds. The van der Waals surface area contributed by atoms with Gasteiger partial charge in [0.05, 0.1) is 4.88 Å². The highest BCUT2D eigenvalue weighted by atomic mass is 32.1. The first-order valence-corrected chi connectivity index (χ1v) is 10.1. The van der Waals surface area contributed by atoms with E-state index in [1.807, 2.05) is 17.5 Å². The highest BCUT2D eigenvalue weighted by molar-refractivity contribution is 7.12. The Hall–Kier alpha value is -2.28. The average molecular weight is 383 g/mol. The molecule has 0 saturated heterocycles. The van der Waals surface area contributed by atoms with Crippen LogP contribution in [-0.4, -0.2) is 32.1 Å². The van der Waals surface area contributed by atoms with Crippen molar-refractivity contribution in [2.24, 2.45) is 0 Å². The third-order valence-corrected chi connectivity index (χ3v) is 5.82. The molecule has 1 aromatic heterocycles. The summed E-state index contributed by atoms with van der Waals surface area (Å²) in [4.78, 5) is 13.2. The molecule has 6 heteroatoms. The van der Waals surface area contributed by atoms with Crippen molar-refractivity contribution in [3.8, 4) is 0 Å². The Balaban J connectivity index is 1.46. The van der Waals surface area contributed by atoms with Crippen molar-refractivity contribution in [3.63, 3.8) is 0 Å². The van der Waals surface area contributed by atoms with Gasteiger partial charge < -0.3 is 16.0 Å². The van der Waals surface area contributed by atoms with E-state index in [0.717, 1.165) is 50.2 Å². The average Bonchev–Trinajstić information content (AvgIpc) is 3.20. The Morgan fingerprint density at radius 1 is 1.04 bits per heavy atom. The Labute approximate surface area is 162 Å². The van der Waals surface area contributed by atoms with Crippen molar-refractivity contribution in [1.29, 1.82) is 0 Å². The van der Waals surface area contributed by atoms with Crippen LogP contribution in [0.25, 0.3) is 11.1 Å². The number of rotatable bonds is 4.